The summed E-state index contributed by atoms with van der Waals surface area (Å²) in [5.74, 6) is 0.977. The van der Waals surface area contributed by atoms with Crippen molar-refractivity contribution in [2.45, 2.75) is 26.8 Å². The molecule has 0 bridgehead atoms. The Bertz CT molecular complexity index is 473. The van der Waals surface area contributed by atoms with Crippen LogP contribution in [0.3, 0.4) is 0 Å². The van der Waals surface area contributed by atoms with E-state index in [-0.39, 0.29) is 0 Å². The van der Waals surface area contributed by atoms with Gasteiger partial charge in [0.2, 0.25) is 0 Å². The van der Waals surface area contributed by atoms with Gasteiger partial charge < -0.3 is 4.57 Å². The third-order valence-electron chi connectivity index (χ3n) is 2.19. The van der Waals surface area contributed by atoms with Gasteiger partial charge in [-0.2, -0.15) is 0 Å². The normalized spacial score (nSPS) is 11.5. The number of halogens is 1. The van der Waals surface area contributed by atoms with Crippen LogP contribution in [0.4, 0.5) is 0 Å². The van der Waals surface area contributed by atoms with E-state index in [1.165, 1.54) is 0 Å². The summed E-state index contributed by atoms with van der Waals surface area (Å²) < 4.78 is 2.10. The first kappa shape index (κ1) is 9.46. The average Bonchev–Trinajstić information content (AvgIpc) is 2.39. The van der Waals surface area contributed by atoms with Gasteiger partial charge in [-0.15, -0.1) is 0 Å². The lowest BCUT2D eigenvalue weighted by Gasteiger charge is -2.09. The maximum Gasteiger partial charge on any atom is 0.160 e. The number of imidazole rings is 1. The molecule has 0 aliphatic rings. The van der Waals surface area contributed by atoms with Crippen molar-refractivity contribution in [3.8, 4) is 0 Å². The predicted molar refractivity (Wildman–Crippen MR) is 57.7 cm³/mol. The maximum absolute atomic E-state index is 5.85. The Morgan fingerprint density at radius 3 is 2.79 bits per heavy atom. The molecular formula is C10H12ClN3. The topological polar surface area (TPSA) is 30.7 Å². The van der Waals surface area contributed by atoms with Crippen molar-refractivity contribution in [2.75, 3.05) is 0 Å². The molecule has 0 radical (unpaired) electrons. The van der Waals surface area contributed by atoms with Crippen molar-refractivity contribution in [1.29, 1.82) is 0 Å². The molecule has 0 aromatic carbocycles. The highest BCUT2D eigenvalue weighted by Crippen LogP contribution is 2.20. The molecule has 0 spiro atoms. The van der Waals surface area contributed by atoms with Crippen molar-refractivity contribution in [3.63, 3.8) is 0 Å². The summed E-state index contributed by atoms with van der Waals surface area (Å²) in [4.78, 5) is 8.70. The van der Waals surface area contributed by atoms with Gasteiger partial charge in [0.25, 0.3) is 0 Å². The number of fused-ring (bicyclic) bond motifs is 1. The predicted octanol–water partition coefficient (Wildman–Crippen LogP) is 2.97. The minimum absolute atomic E-state index is 0.369. The van der Waals surface area contributed by atoms with Gasteiger partial charge in [-0.3, -0.25) is 0 Å². The quantitative estimate of drug-likeness (QED) is 0.723. The van der Waals surface area contributed by atoms with Crippen LogP contribution >= 0.6 is 11.6 Å². The Morgan fingerprint density at radius 2 is 2.14 bits per heavy atom. The van der Waals surface area contributed by atoms with Crippen LogP contribution in [0.1, 0.15) is 25.7 Å². The second-order valence-corrected chi connectivity index (χ2v) is 4.06. The van der Waals surface area contributed by atoms with Crippen LogP contribution in [0.15, 0.2) is 12.3 Å². The minimum Gasteiger partial charge on any atom is -0.310 e. The molecule has 0 saturated carbocycles. The zero-order chi connectivity index (χ0) is 10.3. The van der Waals surface area contributed by atoms with Gasteiger partial charge in [-0.1, -0.05) is 11.6 Å². The average molecular weight is 210 g/mol. The van der Waals surface area contributed by atoms with Crippen molar-refractivity contribution in [1.82, 2.24) is 14.5 Å². The number of rotatable bonds is 1. The van der Waals surface area contributed by atoms with Gasteiger partial charge >= 0.3 is 0 Å². The molecule has 0 unspecified atom stereocenters. The molecular weight excluding hydrogens is 198 g/mol. The maximum atomic E-state index is 5.85. The number of pyridine rings is 1. The first-order chi connectivity index (χ1) is 6.59. The van der Waals surface area contributed by atoms with Crippen LogP contribution in [-0.4, -0.2) is 14.5 Å². The monoisotopic (exact) mass is 209 g/mol. The molecule has 2 aromatic rings. The number of aromatic nitrogens is 3. The van der Waals surface area contributed by atoms with E-state index in [0.717, 1.165) is 17.0 Å². The van der Waals surface area contributed by atoms with Crippen LogP contribution in [0.25, 0.3) is 11.2 Å². The molecule has 2 heterocycles. The molecule has 0 aliphatic heterocycles. The van der Waals surface area contributed by atoms with Crippen molar-refractivity contribution in [2.24, 2.45) is 0 Å². The number of hydrogen-bond donors (Lipinski definition) is 0. The number of nitrogens with zero attached hydrogens (tertiary/aromatic N) is 3. The zero-order valence-corrected chi connectivity index (χ0v) is 9.21. The molecule has 3 nitrogen and oxygen atoms in total. The van der Waals surface area contributed by atoms with E-state index >= 15 is 0 Å². The molecule has 0 fully saturated rings. The standard InChI is InChI=1S/C10H12ClN3/c1-6(2)14-7(3)13-9-4-8(11)5-12-10(9)14/h4-6H,1-3H3. The molecule has 0 atom stereocenters. The van der Waals surface area contributed by atoms with Gasteiger partial charge in [0.15, 0.2) is 5.65 Å². The fraction of sp³-hybridized carbons (Fsp3) is 0.400. The van der Waals surface area contributed by atoms with E-state index in [1.54, 1.807) is 6.20 Å². The summed E-state index contributed by atoms with van der Waals surface area (Å²) >= 11 is 5.85. The van der Waals surface area contributed by atoms with E-state index in [1.807, 2.05) is 13.0 Å². The lowest BCUT2D eigenvalue weighted by molar-refractivity contribution is 0.595. The second kappa shape index (κ2) is 3.24. The fourth-order valence-corrected chi connectivity index (χ4v) is 1.84. The largest absolute Gasteiger partial charge is 0.310 e. The fourth-order valence-electron chi connectivity index (χ4n) is 1.69. The molecule has 0 N–H and O–H groups in total. The Hall–Kier alpha value is -1.09. The summed E-state index contributed by atoms with van der Waals surface area (Å²) in [7, 11) is 0. The second-order valence-electron chi connectivity index (χ2n) is 3.62. The highest BCUT2D eigenvalue weighted by atomic mass is 35.5. The highest BCUT2D eigenvalue weighted by Gasteiger charge is 2.10. The smallest absolute Gasteiger partial charge is 0.160 e. The first-order valence-corrected chi connectivity index (χ1v) is 4.97. The van der Waals surface area contributed by atoms with Crippen molar-refractivity contribution >= 4 is 22.8 Å². The van der Waals surface area contributed by atoms with Crippen LogP contribution in [-0.2, 0) is 0 Å². The summed E-state index contributed by atoms with van der Waals surface area (Å²) in [6, 6.07) is 2.21. The van der Waals surface area contributed by atoms with Crippen molar-refractivity contribution < 1.29 is 0 Å². The molecule has 0 aliphatic carbocycles. The molecule has 0 amide bonds. The highest BCUT2D eigenvalue weighted by molar-refractivity contribution is 6.31. The molecule has 14 heavy (non-hydrogen) atoms. The van der Waals surface area contributed by atoms with Crippen LogP contribution in [0.5, 0.6) is 0 Å². The van der Waals surface area contributed by atoms with Crippen LogP contribution in [0.2, 0.25) is 5.02 Å². The van der Waals surface area contributed by atoms with Gasteiger partial charge in [-0.05, 0) is 26.8 Å². The molecule has 0 saturated heterocycles. The lowest BCUT2D eigenvalue weighted by atomic mass is 10.3. The number of hydrogen-bond acceptors (Lipinski definition) is 2. The van der Waals surface area contributed by atoms with Gasteiger partial charge in [0.05, 0.1) is 5.02 Å². The van der Waals surface area contributed by atoms with Gasteiger partial charge in [-0.25, -0.2) is 9.97 Å². The van der Waals surface area contributed by atoms with E-state index < -0.39 is 0 Å². The van der Waals surface area contributed by atoms with E-state index in [9.17, 15) is 0 Å². The zero-order valence-electron chi connectivity index (χ0n) is 8.45. The van der Waals surface area contributed by atoms with Crippen LogP contribution < -0.4 is 0 Å². The molecule has 2 aromatic heterocycles. The van der Waals surface area contributed by atoms with E-state index in [0.29, 0.717) is 11.1 Å². The Kier molecular flexibility index (Phi) is 2.19. The van der Waals surface area contributed by atoms with Crippen molar-refractivity contribution in [3.05, 3.63) is 23.1 Å². The lowest BCUT2D eigenvalue weighted by Crippen LogP contribution is -2.03. The first-order valence-electron chi connectivity index (χ1n) is 4.59. The molecule has 4 heteroatoms. The summed E-state index contributed by atoms with van der Waals surface area (Å²) in [5.41, 5.74) is 1.77. The SMILES string of the molecule is Cc1nc2cc(Cl)cnc2n1C(C)C. The Labute approximate surface area is 87.7 Å². The Balaban J connectivity index is 2.77. The van der Waals surface area contributed by atoms with Gasteiger partial charge in [0, 0.05) is 12.2 Å². The minimum atomic E-state index is 0.369. The summed E-state index contributed by atoms with van der Waals surface area (Å²) in [6.45, 7) is 6.21. The summed E-state index contributed by atoms with van der Waals surface area (Å²) in [5, 5.41) is 0.630. The molecule has 74 valence electrons. The Morgan fingerprint density at radius 1 is 1.43 bits per heavy atom. The van der Waals surface area contributed by atoms with E-state index in [4.69, 9.17) is 11.6 Å². The third kappa shape index (κ3) is 1.38. The van der Waals surface area contributed by atoms with E-state index in [2.05, 4.69) is 28.4 Å². The third-order valence-corrected chi connectivity index (χ3v) is 2.40. The van der Waals surface area contributed by atoms with Crippen LogP contribution in [0, 0.1) is 6.92 Å². The number of aryl methyl sites for hydroxylation is 1. The molecule has 2 rings (SSSR count). The van der Waals surface area contributed by atoms with Gasteiger partial charge in [0.1, 0.15) is 11.3 Å². The summed E-state index contributed by atoms with van der Waals surface area (Å²) in [6.07, 6.45) is 1.66.